The van der Waals surface area contributed by atoms with Crippen LogP contribution in [0.25, 0.3) is 10.8 Å². The second kappa shape index (κ2) is 5.14. The van der Waals surface area contributed by atoms with E-state index >= 15 is 0 Å². The third-order valence-electron chi connectivity index (χ3n) is 1.55. The zero-order chi connectivity index (χ0) is 9.52. The minimum atomic E-state index is 0.639. The van der Waals surface area contributed by atoms with Gasteiger partial charge in [0.15, 0.2) is 0 Å². The summed E-state index contributed by atoms with van der Waals surface area (Å²) >= 11 is 0. The summed E-state index contributed by atoms with van der Waals surface area (Å²) in [6, 6.07) is 8.05. The van der Waals surface area contributed by atoms with Crippen molar-refractivity contribution in [1.82, 2.24) is 0 Å². The van der Waals surface area contributed by atoms with Crippen LogP contribution in [-0.4, -0.2) is 6.29 Å². The third kappa shape index (κ3) is 2.75. The van der Waals surface area contributed by atoms with Crippen molar-refractivity contribution in [2.75, 3.05) is 0 Å². The lowest BCUT2D eigenvalue weighted by atomic mass is 10.2. The fourth-order valence-electron chi connectivity index (χ4n) is 0.906. The molecule has 0 unspecified atom stereocenters. The Hall–Kier alpha value is -1.57. The van der Waals surface area contributed by atoms with E-state index in [0.29, 0.717) is 6.42 Å². The molecule has 1 aromatic heterocycles. The van der Waals surface area contributed by atoms with Gasteiger partial charge in [0.05, 0.1) is 12.5 Å². The van der Waals surface area contributed by atoms with Gasteiger partial charge in [0.25, 0.3) is 0 Å². The summed E-state index contributed by atoms with van der Waals surface area (Å²) in [4.78, 5) is 9.17. The van der Waals surface area contributed by atoms with Crippen LogP contribution < -0.4 is 0 Å². The number of hydrogen-bond donors (Lipinski definition) is 0. The number of hydrogen-bond acceptors (Lipinski definition) is 2. The SMILES string of the molecule is CCC=O.c1ccc2cocc2c1. The number of aldehydes is 1. The van der Waals surface area contributed by atoms with Gasteiger partial charge in [-0.3, -0.25) is 0 Å². The van der Waals surface area contributed by atoms with E-state index in [4.69, 9.17) is 4.42 Å². The van der Waals surface area contributed by atoms with Gasteiger partial charge >= 0.3 is 0 Å². The minimum absolute atomic E-state index is 0.639. The van der Waals surface area contributed by atoms with Crippen molar-refractivity contribution < 1.29 is 9.21 Å². The number of rotatable bonds is 1. The van der Waals surface area contributed by atoms with Crippen LogP contribution in [0.5, 0.6) is 0 Å². The molecule has 0 aliphatic heterocycles. The van der Waals surface area contributed by atoms with Crippen LogP contribution in [0.1, 0.15) is 13.3 Å². The van der Waals surface area contributed by atoms with Crippen LogP contribution in [0.2, 0.25) is 0 Å². The molecule has 1 heterocycles. The number of benzene rings is 1. The lowest BCUT2D eigenvalue weighted by Gasteiger charge is -1.80. The first-order valence-corrected chi connectivity index (χ1v) is 4.23. The van der Waals surface area contributed by atoms with Crippen molar-refractivity contribution in [1.29, 1.82) is 0 Å². The largest absolute Gasteiger partial charge is 0.471 e. The highest BCUT2D eigenvalue weighted by molar-refractivity contribution is 5.80. The van der Waals surface area contributed by atoms with Gasteiger partial charge in [0.1, 0.15) is 6.29 Å². The van der Waals surface area contributed by atoms with Gasteiger partial charge in [0, 0.05) is 17.2 Å². The summed E-state index contributed by atoms with van der Waals surface area (Å²) in [6.45, 7) is 1.81. The van der Waals surface area contributed by atoms with Crippen LogP contribution in [0.4, 0.5) is 0 Å². The van der Waals surface area contributed by atoms with E-state index < -0.39 is 0 Å². The zero-order valence-electron chi connectivity index (χ0n) is 7.57. The van der Waals surface area contributed by atoms with Crippen LogP contribution in [-0.2, 0) is 4.79 Å². The fraction of sp³-hybridized carbons (Fsp3) is 0.182. The number of carbonyl (C=O) groups excluding carboxylic acids is 1. The Labute approximate surface area is 77.2 Å². The van der Waals surface area contributed by atoms with Gasteiger partial charge in [-0.25, -0.2) is 0 Å². The van der Waals surface area contributed by atoms with Crippen LogP contribution in [0.3, 0.4) is 0 Å². The zero-order valence-corrected chi connectivity index (χ0v) is 7.57. The fourth-order valence-corrected chi connectivity index (χ4v) is 0.906. The molecule has 2 heteroatoms. The van der Waals surface area contributed by atoms with Crippen LogP contribution in [0.15, 0.2) is 41.2 Å². The topological polar surface area (TPSA) is 30.2 Å². The Bertz CT molecular complexity index is 333. The van der Waals surface area contributed by atoms with Gasteiger partial charge in [-0.15, -0.1) is 0 Å². The van der Waals surface area contributed by atoms with Crippen molar-refractivity contribution in [2.45, 2.75) is 13.3 Å². The Morgan fingerprint density at radius 1 is 1.23 bits per heavy atom. The van der Waals surface area contributed by atoms with Crippen molar-refractivity contribution in [3.05, 3.63) is 36.8 Å². The van der Waals surface area contributed by atoms with Gasteiger partial charge in [-0.1, -0.05) is 31.2 Å². The first-order chi connectivity index (χ1) is 6.38. The summed E-state index contributed by atoms with van der Waals surface area (Å²) in [5.41, 5.74) is 0. The smallest absolute Gasteiger partial charge is 0.119 e. The maximum atomic E-state index is 9.17. The average Bonchev–Trinajstić information content (AvgIpc) is 2.66. The molecule has 0 saturated carbocycles. The molecule has 0 N–H and O–H groups in total. The Kier molecular flexibility index (Phi) is 3.76. The Morgan fingerprint density at radius 3 is 2.08 bits per heavy atom. The monoisotopic (exact) mass is 176 g/mol. The molecular formula is C11H12O2. The maximum absolute atomic E-state index is 9.17. The predicted octanol–water partition coefficient (Wildman–Crippen LogP) is 3.03. The van der Waals surface area contributed by atoms with E-state index in [-0.39, 0.29) is 0 Å². The molecule has 68 valence electrons. The van der Waals surface area contributed by atoms with Crippen LogP contribution >= 0.6 is 0 Å². The van der Waals surface area contributed by atoms with Gasteiger partial charge < -0.3 is 9.21 Å². The Balaban J connectivity index is 0.000000184. The molecule has 1 aromatic carbocycles. The standard InChI is InChI=1S/C8H6O.C3H6O/c1-2-4-8-6-9-5-7(8)3-1;1-2-3-4/h1-6H;3H,2H2,1H3. The van der Waals surface area contributed by atoms with Gasteiger partial charge in [-0.05, 0) is 0 Å². The molecule has 0 saturated heterocycles. The predicted molar refractivity (Wildman–Crippen MR) is 52.6 cm³/mol. The quantitative estimate of drug-likeness (QED) is 0.625. The van der Waals surface area contributed by atoms with E-state index in [1.54, 1.807) is 12.5 Å². The van der Waals surface area contributed by atoms with E-state index in [1.165, 1.54) is 0 Å². The molecule has 2 aromatic rings. The van der Waals surface area contributed by atoms with Crippen molar-refractivity contribution in [2.24, 2.45) is 0 Å². The molecule has 0 aliphatic rings. The molecule has 13 heavy (non-hydrogen) atoms. The highest BCUT2D eigenvalue weighted by atomic mass is 16.3. The molecule has 0 amide bonds. The second-order valence-corrected chi connectivity index (χ2v) is 2.58. The summed E-state index contributed by atoms with van der Waals surface area (Å²) in [5.74, 6) is 0. The Morgan fingerprint density at radius 2 is 1.69 bits per heavy atom. The first-order valence-electron chi connectivity index (χ1n) is 4.23. The summed E-state index contributed by atoms with van der Waals surface area (Å²) < 4.78 is 4.96. The molecular weight excluding hydrogens is 164 g/mol. The lowest BCUT2D eigenvalue weighted by Crippen LogP contribution is -1.57. The lowest BCUT2D eigenvalue weighted by molar-refractivity contribution is -0.107. The van der Waals surface area contributed by atoms with E-state index in [1.807, 2.05) is 31.2 Å². The number of fused-ring (bicyclic) bond motifs is 1. The van der Waals surface area contributed by atoms with Gasteiger partial charge in [-0.2, -0.15) is 0 Å². The van der Waals surface area contributed by atoms with E-state index in [2.05, 4.69) is 0 Å². The van der Waals surface area contributed by atoms with Crippen molar-refractivity contribution in [3.63, 3.8) is 0 Å². The number of furan rings is 1. The van der Waals surface area contributed by atoms with Crippen molar-refractivity contribution >= 4 is 17.1 Å². The third-order valence-corrected chi connectivity index (χ3v) is 1.55. The average molecular weight is 176 g/mol. The molecule has 0 fully saturated rings. The molecule has 0 radical (unpaired) electrons. The molecule has 2 nitrogen and oxygen atoms in total. The maximum Gasteiger partial charge on any atom is 0.119 e. The van der Waals surface area contributed by atoms with Crippen LogP contribution in [0, 0.1) is 0 Å². The molecule has 0 atom stereocenters. The summed E-state index contributed by atoms with van der Waals surface area (Å²) in [5, 5.41) is 2.33. The normalized spacial score (nSPS) is 9.00. The first kappa shape index (κ1) is 9.52. The minimum Gasteiger partial charge on any atom is -0.471 e. The number of carbonyl (C=O) groups is 1. The molecule has 0 spiro atoms. The molecule has 0 aliphatic carbocycles. The van der Waals surface area contributed by atoms with Gasteiger partial charge in [0.2, 0.25) is 0 Å². The van der Waals surface area contributed by atoms with E-state index in [0.717, 1.165) is 17.1 Å². The van der Waals surface area contributed by atoms with Crippen molar-refractivity contribution in [3.8, 4) is 0 Å². The van der Waals surface area contributed by atoms with E-state index in [9.17, 15) is 4.79 Å². The highest BCUT2D eigenvalue weighted by Gasteiger charge is 1.89. The molecule has 0 bridgehead atoms. The molecule has 2 rings (SSSR count). The second-order valence-electron chi connectivity index (χ2n) is 2.58. The summed E-state index contributed by atoms with van der Waals surface area (Å²) in [6.07, 6.45) is 5.00. The highest BCUT2D eigenvalue weighted by Crippen LogP contribution is 2.12. The summed E-state index contributed by atoms with van der Waals surface area (Å²) in [7, 11) is 0.